The van der Waals surface area contributed by atoms with Crippen molar-refractivity contribution in [2.75, 3.05) is 20.7 Å². The molecule has 1 aliphatic rings. The van der Waals surface area contributed by atoms with Gasteiger partial charge < -0.3 is 10.2 Å². The highest BCUT2D eigenvalue weighted by Crippen LogP contribution is 2.14. The van der Waals surface area contributed by atoms with Gasteiger partial charge in [0.1, 0.15) is 0 Å². The molecule has 1 N–H and O–H groups in total. The molecule has 0 radical (unpaired) electrons. The second-order valence-corrected chi connectivity index (χ2v) is 3.96. The molecular weight excluding hydrogens is 164 g/mol. The van der Waals surface area contributed by atoms with Crippen LogP contribution < -0.4 is 5.32 Å². The molecule has 78 valence electrons. The molecule has 1 saturated heterocycles. The van der Waals surface area contributed by atoms with Crippen LogP contribution in [0.1, 0.15) is 32.6 Å². The SMILES string of the molecule is CON(C)C(C)CC1CCCCN1. The minimum atomic E-state index is 0.501. The van der Waals surface area contributed by atoms with Gasteiger partial charge in [-0.1, -0.05) is 6.42 Å². The molecule has 3 nitrogen and oxygen atoms in total. The Kier molecular flexibility index (Phi) is 4.70. The topological polar surface area (TPSA) is 24.5 Å². The molecule has 1 rings (SSSR count). The van der Waals surface area contributed by atoms with Crippen molar-refractivity contribution in [2.45, 2.75) is 44.7 Å². The summed E-state index contributed by atoms with van der Waals surface area (Å²) < 4.78 is 0. The fourth-order valence-corrected chi connectivity index (χ4v) is 1.87. The number of hydroxylamine groups is 2. The summed E-state index contributed by atoms with van der Waals surface area (Å²) in [6.07, 6.45) is 5.22. The maximum Gasteiger partial charge on any atom is 0.0575 e. The van der Waals surface area contributed by atoms with Crippen molar-refractivity contribution in [2.24, 2.45) is 0 Å². The molecule has 0 aromatic rings. The molecular formula is C10H22N2O. The molecule has 2 atom stereocenters. The van der Waals surface area contributed by atoms with Gasteiger partial charge in [0.05, 0.1) is 7.11 Å². The van der Waals surface area contributed by atoms with E-state index < -0.39 is 0 Å². The highest BCUT2D eigenvalue weighted by atomic mass is 16.7. The number of hydrogen-bond donors (Lipinski definition) is 1. The lowest BCUT2D eigenvalue weighted by Crippen LogP contribution is -2.40. The first kappa shape index (κ1) is 11.0. The molecule has 13 heavy (non-hydrogen) atoms. The summed E-state index contributed by atoms with van der Waals surface area (Å²) >= 11 is 0. The molecule has 0 spiro atoms. The van der Waals surface area contributed by atoms with Gasteiger partial charge in [-0.3, -0.25) is 0 Å². The summed E-state index contributed by atoms with van der Waals surface area (Å²) in [6.45, 7) is 3.40. The van der Waals surface area contributed by atoms with E-state index in [-0.39, 0.29) is 0 Å². The van der Waals surface area contributed by atoms with Crippen molar-refractivity contribution in [3.8, 4) is 0 Å². The Bertz CT molecular complexity index is 135. The van der Waals surface area contributed by atoms with E-state index in [0.717, 1.165) is 0 Å². The van der Waals surface area contributed by atoms with Crippen LogP contribution in [-0.4, -0.2) is 37.8 Å². The van der Waals surface area contributed by atoms with Gasteiger partial charge in [-0.05, 0) is 32.7 Å². The Balaban J connectivity index is 2.21. The first-order chi connectivity index (χ1) is 6.24. The van der Waals surface area contributed by atoms with Gasteiger partial charge in [0.2, 0.25) is 0 Å². The third-order valence-corrected chi connectivity index (χ3v) is 2.95. The fourth-order valence-electron chi connectivity index (χ4n) is 1.87. The van der Waals surface area contributed by atoms with E-state index in [1.165, 1.54) is 32.2 Å². The van der Waals surface area contributed by atoms with E-state index >= 15 is 0 Å². The molecule has 0 aromatic carbocycles. The predicted molar refractivity (Wildman–Crippen MR) is 54.5 cm³/mol. The van der Waals surface area contributed by atoms with Gasteiger partial charge in [0.15, 0.2) is 0 Å². The standard InChI is InChI=1S/C10H22N2O/c1-9(12(2)13-3)8-10-6-4-5-7-11-10/h9-11H,4-8H2,1-3H3. The average Bonchev–Trinajstić information content (AvgIpc) is 2.18. The summed E-state index contributed by atoms with van der Waals surface area (Å²) in [5.41, 5.74) is 0. The molecule has 2 unspecified atom stereocenters. The third-order valence-electron chi connectivity index (χ3n) is 2.95. The van der Waals surface area contributed by atoms with E-state index in [9.17, 15) is 0 Å². The number of rotatable bonds is 4. The van der Waals surface area contributed by atoms with Crippen molar-refractivity contribution in [1.82, 2.24) is 10.4 Å². The van der Waals surface area contributed by atoms with E-state index in [0.29, 0.717) is 12.1 Å². The Morgan fingerprint density at radius 1 is 1.54 bits per heavy atom. The fraction of sp³-hybridized carbons (Fsp3) is 1.00. The van der Waals surface area contributed by atoms with Crippen molar-refractivity contribution in [3.63, 3.8) is 0 Å². The normalized spacial score (nSPS) is 26.3. The lowest BCUT2D eigenvalue weighted by molar-refractivity contribution is -0.139. The number of nitrogens with zero attached hydrogens (tertiary/aromatic N) is 1. The van der Waals surface area contributed by atoms with Crippen LogP contribution in [0.3, 0.4) is 0 Å². The van der Waals surface area contributed by atoms with Gasteiger partial charge in [0.25, 0.3) is 0 Å². The molecule has 1 heterocycles. The van der Waals surface area contributed by atoms with E-state index in [2.05, 4.69) is 12.2 Å². The van der Waals surface area contributed by atoms with Crippen LogP contribution in [0.25, 0.3) is 0 Å². The molecule has 1 aliphatic heterocycles. The van der Waals surface area contributed by atoms with E-state index in [1.807, 2.05) is 12.1 Å². The number of hydrogen-bond acceptors (Lipinski definition) is 3. The van der Waals surface area contributed by atoms with Crippen LogP contribution >= 0.6 is 0 Å². The summed E-state index contributed by atoms with van der Waals surface area (Å²) in [4.78, 5) is 5.16. The maximum absolute atomic E-state index is 5.16. The van der Waals surface area contributed by atoms with Crippen LogP contribution in [0, 0.1) is 0 Å². The lowest BCUT2D eigenvalue weighted by atomic mass is 9.99. The second kappa shape index (κ2) is 5.58. The predicted octanol–water partition coefficient (Wildman–Crippen LogP) is 1.40. The van der Waals surface area contributed by atoms with Crippen molar-refractivity contribution < 1.29 is 4.84 Å². The van der Waals surface area contributed by atoms with Gasteiger partial charge in [0, 0.05) is 19.1 Å². The van der Waals surface area contributed by atoms with E-state index in [1.54, 1.807) is 7.11 Å². The molecule has 0 aromatic heterocycles. The first-order valence-corrected chi connectivity index (χ1v) is 5.24. The highest BCUT2D eigenvalue weighted by molar-refractivity contribution is 4.75. The van der Waals surface area contributed by atoms with Gasteiger partial charge >= 0.3 is 0 Å². The molecule has 3 heteroatoms. The van der Waals surface area contributed by atoms with Gasteiger partial charge in [-0.15, -0.1) is 0 Å². The summed E-state index contributed by atoms with van der Waals surface area (Å²) in [5.74, 6) is 0. The minimum Gasteiger partial charge on any atom is -0.314 e. The summed E-state index contributed by atoms with van der Waals surface area (Å²) in [5, 5.41) is 5.47. The Morgan fingerprint density at radius 2 is 2.31 bits per heavy atom. The number of nitrogens with one attached hydrogen (secondary N) is 1. The smallest absolute Gasteiger partial charge is 0.0575 e. The molecule has 0 saturated carbocycles. The Morgan fingerprint density at radius 3 is 2.85 bits per heavy atom. The largest absolute Gasteiger partial charge is 0.314 e. The molecule has 0 bridgehead atoms. The van der Waals surface area contributed by atoms with Crippen LogP contribution in [0.2, 0.25) is 0 Å². The summed E-state index contributed by atoms with van der Waals surface area (Å²) in [7, 11) is 3.72. The van der Waals surface area contributed by atoms with Crippen LogP contribution in [-0.2, 0) is 4.84 Å². The second-order valence-electron chi connectivity index (χ2n) is 3.96. The molecule has 1 fully saturated rings. The lowest BCUT2D eigenvalue weighted by Gasteiger charge is -2.29. The number of piperidine rings is 1. The van der Waals surface area contributed by atoms with Crippen LogP contribution in [0.5, 0.6) is 0 Å². The molecule has 0 amide bonds. The van der Waals surface area contributed by atoms with Gasteiger partial charge in [-0.2, -0.15) is 5.06 Å². The van der Waals surface area contributed by atoms with E-state index in [4.69, 9.17) is 4.84 Å². The molecule has 0 aliphatic carbocycles. The van der Waals surface area contributed by atoms with Crippen LogP contribution in [0.4, 0.5) is 0 Å². The van der Waals surface area contributed by atoms with Crippen LogP contribution in [0.15, 0.2) is 0 Å². The third kappa shape index (κ3) is 3.63. The maximum atomic E-state index is 5.16. The Hall–Kier alpha value is -0.120. The van der Waals surface area contributed by atoms with Crippen molar-refractivity contribution in [1.29, 1.82) is 0 Å². The monoisotopic (exact) mass is 186 g/mol. The first-order valence-electron chi connectivity index (χ1n) is 5.24. The zero-order valence-corrected chi connectivity index (χ0v) is 9.05. The quantitative estimate of drug-likeness (QED) is 0.672. The highest BCUT2D eigenvalue weighted by Gasteiger charge is 2.17. The Labute approximate surface area is 81.4 Å². The average molecular weight is 186 g/mol. The van der Waals surface area contributed by atoms with Crippen molar-refractivity contribution in [3.05, 3.63) is 0 Å². The summed E-state index contributed by atoms with van der Waals surface area (Å²) in [6, 6.07) is 1.20. The zero-order valence-electron chi connectivity index (χ0n) is 9.05. The van der Waals surface area contributed by atoms with Crippen molar-refractivity contribution >= 4 is 0 Å². The minimum absolute atomic E-state index is 0.501. The van der Waals surface area contributed by atoms with Gasteiger partial charge in [-0.25, -0.2) is 0 Å². The zero-order chi connectivity index (χ0) is 9.68.